The molecule has 4 aromatic rings. The minimum absolute atomic E-state index is 0.246. The Morgan fingerprint density at radius 3 is 1.34 bits per heavy atom. The average Bonchev–Trinajstić information content (AvgIpc) is 3.01. The zero-order valence-corrected chi connectivity index (χ0v) is 16.9. The van der Waals surface area contributed by atoms with E-state index in [9.17, 15) is 0 Å². The molecule has 0 saturated heterocycles. The molecular weight excluding hydrogens is 350 g/mol. The second-order valence-electron chi connectivity index (χ2n) is 7.99. The summed E-state index contributed by atoms with van der Waals surface area (Å²) in [5.41, 5.74) is 6.01. The van der Waals surface area contributed by atoms with E-state index in [0.29, 0.717) is 0 Å². The lowest BCUT2D eigenvalue weighted by Gasteiger charge is -2.45. The third-order valence-electron chi connectivity index (χ3n) is 6.73. The number of rotatable bonds is 3. The molecule has 1 heteroatoms. The minimum Gasteiger partial charge on any atom is -0.275 e. The topological polar surface area (TPSA) is 3.24 Å². The highest BCUT2D eigenvalue weighted by Gasteiger charge is 2.56. The van der Waals surface area contributed by atoms with Crippen molar-refractivity contribution in [1.29, 1.82) is 0 Å². The van der Waals surface area contributed by atoms with Crippen LogP contribution >= 0.6 is 0 Å². The van der Waals surface area contributed by atoms with Gasteiger partial charge in [-0.2, -0.15) is 0 Å². The van der Waals surface area contributed by atoms with Crippen LogP contribution in [0.5, 0.6) is 0 Å². The van der Waals surface area contributed by atoms with Crippen molar-refractivity contribution in [1.82, 2.24) is 4.90 Å². The maximum atomic E-state index is 2.56. The molecule has 1 aliphatic rings. The molecule has 0 spiro atoms. The van der Waals surface area contributed by atoms with Gasteiger partial charge < -0.3 is 0 Å². The van der Waals surface area contributed by atoms with Crippen LogP contribution in [0.15, 0.2) is 115 Å². The zero-order chi connectivity index (χ0) is 19.9. The Morgan fingerprint density at radius 1 is 0.483 bits per heavy atom. The SMILES string of the molecule is CN1C(C)(c2ccccc2)c2ccccc2C1(c1ccccc1)c1ccccc1. The molecule has 0 fully saturated rings. The Kier molecular flexibility index (Phi) is 4.15. The van der Waals surface area contributed by atoms with Crippen LogP contribution in [0.2, 0.25) is 0 Å². The van der Waals surface area contributed by atoms with Gasteiger partial charge in [0.25, 0.3) is 0 Å². The number of hydrogen-bond donors (Lipinski definition) is 0. The lowest BCUT2D eigenvalue weighted by Crippen LogP contribution is -2.49. The first kappa shape index (κ1) is 17.9. The molecule has 0 aromatic heterocycles. The molecule has 0 saturated carbocycles. The third kappa shape index (κ3) is 2.38. The van der Waals surface area contributed by atoms with Crippen molar-refractivity contribution in [2.24, 2.45) is 0 Å². The fourth-order valence-corrected chi connectivity index (χ4v) is 5.26. The molecule has 0 amide bonds. The van der Waals surface area contributed by atoms with Crippen LogP contribution in [0.4, 0.5) is 0 Å². The van der Waals surface area contributed by atoms with Crippen molar-refractivity contribution >= 4 is 0 Å². The molecule has 5 rings (SSSR count). The highest BCUT2D eigenvalue weighted by molar-refractivity contribution is 5.61. The average molecular weight is 376 g/mol. The lowest BCUT2D eigenvalue weighted by molar-refractivity contribution is 0.118. The van der Waals surface area contributed by atoms with E-state index < -0.39 is 0 Å². The van der Waals surface area contributed by atoms with Gasteiger partial charge in [0.1, 0.15) is 0 Å². The summed E-state index contributed by atoms with van der Waals surface area (Å²) in [7, 11) is 2.27. The summed E-state index contributed by atoms with van der Waals surface area (Å²) in [6.07, 6.45) is 0. The Hall–Kier alpha value is -3.16. The van der Waals surface area contributed by atoms with Crippen LogP contribution in [0, 0.1) is 0 Å². The number of benzene rings is 4. The normalized spacial score (nSPS) is 20.3. The van der Waals surface area contributed by atoms with Gasteiger partial charge in [-0.1, -0.05) is 115 Å². The smallest absolute Gasteiger partial charge is 0.0983 e. The van der Waals surface area contributed by atoms with E-state index in [1.807, 2.05) is 0 Å². The Morgan fingerprint density at radius 2 is 0.862 bits per heavy atom. The van der Waals surface area contributed by atoms with E-state index >= 15 is 0 Å². The van der Waals surface area contributed by atoms with Crippen molar-refractivity contribution < 1.29 is 0 Å². The molecule has 1 aliphatic heterocycles. The van der Waals surface area contributed by atoms with Gasteiger partial charge in [-0.25, -0.2) is 0 Å². The summed E-state index contributed by atoms with van der Waals surface area (Å²) in [6.45, 7) is 2.36. The van der Waals surface area contributed by atoms with E-state index in [4.69, 9.17) is 0 Å². The van der Waals surface area contributed by atoms with Crippen LogP contribution in [0.25, 0.3) is 0 Å². The van der Waals surface area contributed by atoms with E-state index in [2.05, 4.69) is 134 Å². The first-order chi connectivity index (χ1) is 14.2. The second-order valence-corrected chi connectivity index (χ2v) is 7.99. The van der Waals surface area contributed by atoms with E-state index in [1.165, 1.54) is 27.8 Å². The van der Waals surface area contributed by atoms with Crippen molar-refractivity contribution in [3.8, 4) is 0 Å². The molecule has 1 nitrogen and oxygen atoms in total. The molecule has 142 valence electrons. The van der Waals surface area contributed by atoms with Crippen LogP contribution in [0.3, 0.4) is 0 Å². The van der Waals surface area contributed by atoms with Crippen LogP contribution in [-0.2, 0) is 11.1 Å². The van der Waals surface area contributed by atoms with Crippen molar-refractivity contribution in [3.05, 3.63) is 143 Å². The van der Waals surface area contributed by atoms with E-state index in [0.717, 1.165) is 0 Å². The van der Waals surface area contributed by atoms with Gasteiger partial charge in [-0.05, 0) is 41.8 Å². The van der Waals surface area contributed by atoms with Crippen LogP contribution < -0.4 is 0 Å². The summed E-state index contributed by atoms with van der Waals surface area (Å²) >= 11 is 0. The maximum Gasteiger partial charge on any atom is 0.0983 e. The predicted octanol–water partition coefficient (Wildman–Crippen LogP) is 6.19. The fraction of sp³-hybridized carbons (Fsp3) is 0.143. The van der Waals surface area contributed by atoms with Gasteiger partial charge in [0.05, 0.1) is 11.1 Å². The van der Waals surface area contributed by atoms with Crippen molar-refractivity contribution in [3.63, 3.8) is 0 Å². The van der Waals surface area contributed by atoms with Gasteiger partial charge >= 0.3 is 0 Å². The molecule has 4 aromatic carbocycles. The first-order valence-corrected chi connectivity index (χ1v) is 10.2. The van der Waals surface area contributed by atoms with Gasteiger partial charge in [0.2, 0.25) is 0 Å². The van der Waals surface area contributed by atoms with Crippen LogP contribution in [0.1, 0.15) is 34.7 Å². The number of hydrogen-bond acceptors (Lipinski definition) is 1. The third-order valence-corrected chi connectivity index (χ3v) is 6.73. The van der Waals surface area contributed by atoms with Crippen molar-refractivity contribution in [2.45, 2.75) is 18.0 Å². The summed E-state index contributed by atoms with van der Waals surface area (Å²) in [5, 5.41) is 0. The van der Waals surface area contributed by atoms with Gasteiger partial charge in [0.15, 0.2) is 0 Å². The first-order valence-electron chi connectivity index (χ1n) is 10.2. The molecule has 0 radical (unpaired) electrons. The molecule has 0 bridgehead atoms. The summed E-state index contributed by atoms with van der Waals surface area (Å²) in [6, 6.07) is 41.6. The predicted molar refractivity (Wildman–Crippen MR) is 120 cm³/mol. The Bertz CT molecular complexity index is 1080. The van der Waals surface area contributed by atoms with Gasteiger partial charge in [-0.3, -0.25) is 4.90 Å². The number of nitrogens with zero attached hydrogens (tertiary/aromatic N) is 1. The number of fused-ring (bicyclic) bond motifs is 1. The molecular formula is C28H25N. The maximum absolute atomic E-state index is 2.56. The second kappa shape index (κ2) is 6.72. The molecule has 1 atom stereocenters. The van der Waals surface area contributed by atoms with Crippen LogP contribution in [-0.4, -0.2) is 11.9 Å². The summed E-state index contributed by atoms with van der Waals surface area (Å²) in [4.78, 5) is 2.56. The lowest BCUT2D eigenvalue weighted by atomic mass is 9.77. The van der Waals surface area contributed by atoms with Gasteiger partial charge in [-0.15, -0.1) is 0 Å². The monoisotopic (exact) mass is 375 g/mol. The Balaban J connectivity index is 1.90. The zero-order valence-electron chi connectivity index (χ0n) is 16.9. The van der Waals surface area contributed by atoms with Crippen molar-refractivity contribution in [2.75, 3.05) is 7.05 Å². The van der Waals surface area contributed by atoms with E-state index in [1.54, 1.807) is 0 Å². The quantitative estimate of drug-likeness (QED) is 0.413. The fourth-order valence-electron chi connectivity index (χ4n) is 5.26. The molecule has 0 aliphatic carbocycles. The standard InChI is InChI=1S/C28H25N/c1-27(22-14-6-3-7-15-22)25-20-12-13-21-26(25)28(29(27)2,23-16-8-4-9-17-23)24-18-10-5-11-19-24/h3-21H,1-2H3. The molecule has 29 heavy (non-hydrogen) atoms. The van der Waals surface area contributed by atoms with Gasteiger partial charge in [0, 0.05) is 0 Å². The molecule has 1 heterocycles. The minimum atomic E-state index is -0.357. The van der Waals surface area contributed by atoms with E-state index in [-0.39, 0.29) is 11.1 Å². The highest BCUT2D eigenvalue weighted by Crippen LogP contribution is 2.57. The largest absolute Gasteiger partial charge is 0.275 e. The molecule has 0 N–H and O–H groups in total. The molecule has 1 unspecified atom stereocenters. The summed E-state index contributed by atoms with van der Waals surface area (Å²) in [5.74, 6) is 0. The highest BCUT2D eigenvalue weighted by atomic mass is 15.3. The summed E-state index contributed by atoms with van der Waals surface area (Å²) < 4.78 is 0. The Labute approximate surface area is 173 Å².